The van der Waals surface area contributed by atoms with Crippen LogP contribution in [0.5, 0.6) is 0 Å². The third-order valence-electron chi connectivity index (χ3n) is 11.7. The second kappa shape index (κ2) is 49.9. The molecule has 28 heteroatoms. The molecule has 20 nitrogen and oxygen atoms in total. The third-order valence-corrected chi connectivity index (χ3v) is 14.9. The Bertz CT molecular complexity index is 3750. The summed E-state index contributed by atoms with van der Waals surface area (Å²) >= 11 is 19.1. The molecule has 12 aromatic rings. The molecule has 0 bridgehead atoms. The number of halogens is 6. The Hall–Kier alpha value is -7.59. The molecule has 6 aromatic carbocycles. The number of rotatable bonds is 10. The van der Waals surface area contributed by atoms with Crippen molar-refractivity contribution >= 4 is 131 Å². The predicted octanol–water partition coefficient (Wildman–Crippen LogP) is 9.64. The van der Waals surface area contributed by atoms with Crippen LogP contribution in [0.1, 0.15) is 62.1 Å². The van der Waals surface area contributed by atoms with Gasteiger partial charge < -0.3 is 70.4 Å². The van der Waals surface area contributed by atoms with Gasteiger partial charge in [0.05, 0.1) is 81.4 Å². The smallest absolute Gasteiger partial charge is 0.545 e. The van der Waals surface area contributed by atoms with Gasteiger partial charge in [0.25, 0.3) is 0 Å². The van der Waals surface area contributed by atoms with Crippen molar-refractivity contribution in [1.29, 1.82) is 0 Å². The van der Waals surface area contributed by atoms with E-state index in [1.807, 2.05) is 109 Å². The fraction of sp³-hybridized carbons (Fsp3) is 0. The van der Waals surface area contributed by atoms with E-state index in [0.717, 1.165) is 72.4 Å². The number of aromatic nitrogens is 6. The van der Waals surface area contributed by atoms with Gasteiger partial charge in [-0.15, -0.1) is 0 Å². The number of aromatic carboxylic acids is 6. The normalized spacial score (nSPS) is 9.26. The van der Waals surface area contributed by atoms with Gasteiger partial charge >= 0.3 is 77.2 Å². The average molecular weight is 2020 g/mol. The summed E-state index contributed by atoms with van der Waals surface area (Å²) in [6.45, 7) is 0. The number of pyridine rings is 6. The molecular formula is C72H50Br6N6O14Tb2. The molecule has 100 heavy (non-hydrogen) atoms. The molecule has 6 heterocycles. The largest absolute Gasteiger partial charge is 3.00 e. The van der Waals surface area contributed by atoms with E-state index in [4.69, 9.17) is 0 Å². The summed E-state index contributed by atoms with van der Waals surface area (Å²) in [6, 6.07) is 72.7. The first-order chi connectivity index (χ1) is 46.1. The van der Waals surface area contributed by atoms with E-state index in [0.29, 0.717) is 0 Å². The van der Waals surface area contributed by atoms with Crippen LogP contribution in [0.3, 0.4) is 0 Å². The van der Waals surface area contributed by atoms with Crippen LogP contribution < -0.4 is 30.6 Å². The molecule has 4 N–H and O–H groups in total. The monoisotopic (exact) mass is 2010 g/mol. The first kappa shape index (κ1) is 90.4. The zero-order chi connectivity index (χ0) is 69.8. The van der Waals surface area contributed by atoms with Crippen molar-refractivity contribution < 1.29 is 148 Å². The minimum Gasteiger partial charge on any atom is -0.545 e. The second-order valence-corrected chi connectivity index (χ2v) is 23.9. The van der Waals surface area contributed by atoms with Crippen molar-refractivity contribution in [1.82, 2.24) is 29.9 Å². The van der Waals surface area contributed by atoms with Gasteiger partial charge in [-0.25, -0.2) is 9.97 Å². The Labute approximate surface area is 685 Å². The van der Waals surface area contributed by atoms with Gasteiger partial charge in [0, 0.05) is 51.6 Å². The van der Waals surface area contributed by atoms with Crippen LogP contribution in [-0.2, 0) is 0 Å². The molecule has 0 spiro atoms. The zero-order valence-corrected chi connectivity index (χ0v) is 64.9. The molecule has 0 aliphatic heterocycles. The van der Waals surface area contributed by atoms with E-state index in [-0.39, 0.29) is 122 Å². The van der Waals surface area contributed by atoms with E-state index in [9.17, 15) is 59.4 Å². The van der Waals surface area contributed by atoms with E-state index >= 15 is 0 Å². The van der Waals surface area contributed by atoms with Crippen molar-refractivity contribution in [3.05, 3.63) is 340 Å². The summed E-state index contributed by atoms with van der Waals surface area (Å²) in [5.41, 5.74) is 8.11. The molecule has 0 saturated carbocycles. The van der Waals surface area contributed by atoms with Gasteiger partial charge in [0.1, 0.15) is 0 Å². The van der Waals surface area contributed by atoms with Crippen LogP contribution in [0, 0.1) is 77.2 Å². The minimum atomic E-state index is -1.15. The van der Waals surface area contributed by atoms with Crippen LogP contribution >= 0.6 is 95.6 Å². The van der Waals surface area contributed by atoms with Crippen molar-refractivity contribution in [2.75, 3.05) is 0 Å². The first-order valence-electron chi connectivity index (χ1n) is 27.5. The van der Waals surface area contributed by atoms with Gasteiger partial charge in [-0.3, -0.25) is 19.9 Å². The summed E-state index contributed by atoms with van der Waals surface area (Å²) in [5.74, 6) is -6.88. The van der Waals surface area contributed by atoms with E-state index in [1.165, 1.54) is 72.8 Å². The minimum absolute atomic E-state index is 0. The molecule has 0 saturated heterocycles. The number of benzene rings is 6. The Morgan fingerprint density at radius 1 is 0.210 bits per heavy atom. The van der Waals surface area contributed by atoms with Gasteiger partial charge in [-0.1, -0.05) is 205 Å². The molecule has 0 atom stereocenters. The standard InChI is InChI=1S/2C15H11N3.6C7H5BrO2.2H2O.2Tb/c2*1-3-10-16-12(6-1)14-8-5-9-15(18-14)13-7-2-4-11-17-13;6*8-6-3-1-5(2-4-6)7(9)10;;;;/h2*1-11H;6*1-4H,(H,9,10);2*1H2;;/q;;;;;;;;;;2*+3/p-6. The first-order valence-corrected chi connectivity index (χ1v) is 32.2. The molecule has 512 valence electrons. The molecule has 6 aromatic heterocycles. The molecule has 0 radical (unpaired) electrons. The topological polar surface area (TPSA) is 381 Å². The van der Waals surface area contributed by atoms with Gasteiger partial charge in [0.2, 0.25) is 0 Å². The number of carbonyl (C=O) groups excluding carboxylic acids is 6. The Morgan fingerprint density at radius 3 is 0.470 bits per heavy atom. The molecular weight excluding hydrogens is 1970 g/mol. The Kier molecular flexibility index (Phi) is 45.1. The average Bonchev–Trinajstić information content (AvgIpc) is 0.848. The predicted molar refractivity (Wildman–Crippen MR) is 379 cm³/mol. The fourth-order valence-corrected chi connectivity index (χ4v) is 8.60. The molecule has 0 aliphatic rings. The summed E-state index contributed by atoms with van der Waals surface area (Å²) in [4.78, 5) is 87.5. The fourth-order valence-electron chi connectivity index (χ4n) is 7.01. The molecule has 0 amide bonds. The maximum Gasteiger partial charge on any atom is 3.00 e. The number of carboxylic acids is 6. The van der Waals surface area contributed by atoms with Crippen LogP contribution in [0.2, 0.25) is 0 Å². The summed E-state index contributed by atoms with van der Waals surface area (Å²) < 4.78 is 5.15. The van der Waals surface area contributed by atoms with Crippen LogP contribution in [0.15, 0.2) is 306 Å². The maximum atomic E-state index is 10.2. The molecule has 0 unspecified atom stereocenters. The van der Waals surface area contributed by atoms with Gasteiger partial charge in [0.15, 0.2) is 0 Å². The molecule has 12 rings (SSSR count). The zero-order valence-electron chi connectivity index (χ0n) is 51.1. The molecule has 0 fully saturated rings. The van der Waals surface area contributed by atoms with E-state index in [2.05, 4.69) is 125 Å². The summed E-state index contributed by atoms with van der Waals surface area (Å²) in [6.07, 6.45) is 7.07. The second-order valence-electron chi connectivity index (χ2n) is 18.4. The Balaban J connectivity index is 0.000000577. The summed E-state index contributed by atoms with van der Waals surface area (Å²) in [7, 11) is 0. The number of hydrogen-bond acceptors (Lipinski definition) is 18. The van der Waals surface area contributed by atoms with Crippen molar-refractivity contribution in [2.24, 2.45) is 0 Å². The Morgan fingerprint density at radius 2 is 0.350 bits per heavy atom. The summed E-state index contributed by atoms with van der Waals surface area (Å²) in [5, 5.41) is 61.1. The van der Waals surface area contributed by atoms with Crippen LogP contribution in [-0.4, -0.2) is 76.7 Å². The van der Waals surface area contributed by atoms with Crippen molar-refractivity contribution in [3.63, 3.8) is 0 Å². The third kappa shape index (κ3) is 34.7. The van der Waals surface area contributed by atoms with Crippen LogP contribution in [0.25, 0.3) is 45.6 Å². The van der Waals surface area contributed by atoms with Gasteiger partial charge in [-0.2, -0.15) is 0 Å². The van der Waals surface area contributed by atoms with E-state index < -0.39 is 35.8 Å². The van der Waals surface area contributed by atoms with Crippen molar-refractivity contribution in [2.45, 2.75) is 0 Å². The number of hydrogen-bond donors (Lipinski definition) is 0. The number of carbonyl (C=O) groups is 6. The van der Waals surface area contributed by atoms with Gasteiger partial charge in [-0.05, 0) is 179 Å². The van der Waals surface area contributed by atoms with Crippen LogP contribution in [0.4, 0.5) is 0 Å². The maximum absolute atomic E-state index is 10.2. The number of carboxylic acid groups (broad SMARTS) is 6. The quantitative estimate of drug-likeness (QED) is 0.123. The van der Waals surface area contributed by atoms with Crippen molar-refractivity contribution in [3.8, 4) is 45.6 Å². The van der Waals surface area contributed by atoms with E-state index in [1.54, 1.807) is 97.6 Å². The molecule has 0 aliphatic carbocycles. The number of nitrogens with zero attached hydrogens (tertiary/aromatic N) is 6. The SMILES string of the molecule is O.O.O=C([O-])c1ccc(Br)cc1.O=C([O-])c1ccc(Br)cc1.O=C([O-])c1ccc(Br)cc1.O=C([O-])c1ccc(Br)cc1.O=C([O-])c1ccc(Br)cc1.O=C([O-])c1ccc(Br)cc1.[Tb+3].[Tb+3].c1ccc(-c2cccc(-c3ccccn3)n2)nc1.c1ccc(-c2cccc(-c3ccccn3)n2)nc1.